The fourth-order valence-electron chi connectivity index (χ4n) is 1.95. The minimum atomic E-state index is -0.305. The van der Waals surface area contributed by atoms with Crippen molar-refractivity contribution in [3.8, 4) is 0 Å². The van der Waals surface area contributed by atoms with Crippen molar-refractivity contribution in [1.29, 1.82) is 0 Å². The smallest absolute Gasteiger partial charge is 0.270 e. The van der Waals surface area contributed by atoms with Gasteiger partial charge in [0.2, 0.25) is 0 Å². The first-order valence-electron chi connectivity index (χ1n) is 6.95. The van der Waals surface area contributed by atoms with Gasteiger partial charge >= 0.3 is 0 Å². The van der Waals surface area contributed by atoms with Crippen LogP contribution in [-0.2, 0) is 0 Å². The van der Waals surface area contributed by atoms with E-state index in [9.17, 15) is 9.59 Å². The quantitative estimate of drug-likeness (QED) is 0.722. The van der Waals surface area contributed by atoms with Gasteiger partial charge in [0.1, 0.15) is 12.7 Å². The van der Waals surface area contributed by atoms with Crippen LogP contribution in [0.25, 0.3) is 0 Å². The molecule has 0 fully saturated rings. The molecular weight excluding hydrogens is 374 g/mol. The van der Waals surface area contributed by atoms with E-state index in [1.54, 1.807) is 48.5 Å². The third kappa shape index (κ3) is 3.85. The zero-order chi connectivity index (χ0) is 16.9. The number of halogens is 1. The number of rotatable bonds is 4. The largest absolute Gasteiger partial charge is 0.322 e. The molecule has 7 nitrogen and oxygen atoms in total. The number of benzene rings is 2. The summed E-state index contributed by atoms with van der Waals surface area (Å²) in [6.45, 7) is 0. The van der Waals surface area contributed by atoms with Crippen LogP contribution >= 0.6 is 15.9 Å². The molecule has 2 N–H and O–H groups in total. The first-order valence-corrected chi connectivity index (χ1v) is 7.74. The fourth-order valence-corrected chi connectivity index (χ4v) is 2.21. The molecule has 0 aliphatic heterocycles. The van der Waals surface area contributed by atoms with Gasteiger partial charge in [-0.1, -0.05) is 15.9 Å². The van der Waals surface area contributed by atoms with Crippen LogP contribution in [0.3, 0.4) is 0 Å². The Morgan fingerprint density at radius 3 is 2.00 bits per heavy atom. The SMILES string of the molecule is O=C(Nc1ccc(C(=O)Nn2cnnc2)cc1)c1ccc(Br)cc1. The van der Waals surface area contributed by atoms with Gasteiger partial charge in [-0.15, -0.1) is 10.2 Å². The molecule has 3 aromatic rings. The molecule has 0 saturated carbocycles. The van der Waals surface area contributed by atoms with Gasteiger partial charge in [0.25, 0.3) is 11.8 Å². The fraction of sp³-hybridized carbons (Fsp3) is 0. The van der Waals surface area contributed by atoms with Crippen LogP contribution in [-0.4, -0.2) is 26.7 Å². The van der Waals surface area contributed by atoms with Crippen LogP contribution in [0, 0.1) is 0 Å². The molecule has 24 heavy (non-hydrogen) atoms. The Morgan fingerprint density at radius 1 is 0.833 bits per heavy atom. The van der Waals surface area contributed by atoms with E-state index in [2.05, 4.69) is 36.9 Å². The van der Waals surface area contributed by atoms with Gasteiger partial charge in [-0.25, -0.2) is 4.68 Å². The molecule has 0 radical (unpaired) electrons. The highest BCUT2D eigenvalue weighted by atomic mass is 79.9. The number of aromatic nitrogens is 3. The lowest BCUT2D eigenvalue weighted by molar-refractivity contribution is 0.100. The number of hydrogen-bond acceptors (Lipinski definition) is 4. The second-order valence-electron chi connectivity index (χ2n) is 4.85. The molecule has 1 heterocycles. The van der Waals surface area contributed by atoms with Crippen molar-refractivity contribution in [2.24, 2.45) is 0 Å². The predicted octanol–water partition coefficient (Wildman–Crippen LogP) is 2.68. The second kappa shape index (κ2) is 7.05. The maximum absolute atomic E-state index is 12.1. The molecule has 0 unspecified atom stereocenters. The number of hydrogen-bond donors (Lipinski definition) is 2. The summed E-state index contributed by atoms with van der Waals surface area (Å²) in [4.78, 5) is 24.2. The van der Waals surface area contributed by atoms with Crippen molar-refractivity contribution in [3.05, 3.63) is 76.8 Å². The number of anilines is 1. The molecule has 0 atom stereocenters. The van der Waals surface area contributed by atoms with Crippen molar-refractivity contribution < 1.29 is 9.59 Å². The zero-order valence-electron chi connectivity index (χ0n) is 12.3. The summed E-state index contributed by atoms with van der Waals surface area (Å²) >= 11 is 3.32. The topological polar surface area (TPSA) is 88.9 Å². The van der Waals surface area contributed by atoms with E-state index in [1.807, 2.05) is 0 Å². The van der Waals surface area contributed by atoms with E-state index in [4.69, 9.17) is 0 Å². The lowest BCUT2D eigenvalue weighted by Crippen LogP contribution is -2.21. The third-order valence-corrected chi connectivity index (χ3v) is 3.69. The van der Waals surface area contributed by atoms with Crippen LogP contribution < -0.4 is 10.7 Å². The molecule has 2 amide bonds. The Morgan fingerprint density at radius 2 is 1.38 bits per heavy atom. The molecule has 120 valence electrons. The molecule has 2 aromatic carbocycles. The van der Waals surface area contributed by atoms with Crippen molar-refractivity contribution >= 4 is 33.4 Å². The molecule has 0 aliphatic carbocycles. The van der Waals surface area contributed by atoms with E-state index in [1.165, 1.54) is 17.3 Å². The van der Waals surface area contributed by atoms with Gasteiger partial charge in [-0.2, -0.15) is 0 Å². The Hall–Kier alpha value is -3.00. The van der Waals surface area contributed by atoms with E-state index in [-0.39, 0.29) is 11.8 Å². The summed E-state index contributed by atoms with van der Waals surface area (Å²) in [6, 6.07) is 13.6. The first kappa shape index (κ1) is 15.9. The molecule has 1 aromatic heterocycles. The third-order valence-electron chi connectivity index (χ3n) is 3.16. The maximum atomic E-state index is 12.1. The van der Waals surface area contributed by atoms with Gasteiger partial charge < -0.3 is 5.32 Å². The highest BCUT2D eigenvalue weighted by Crippen LogP contribution is 2.14. The lowest BCUT2D eigenvalue weighted by Gasteiger charge is -2.07. The molecule has 0 spiro atoms. The summed E-state index contributed by atoms with van der Waals surface area (Å²) in [5, 5.41) is 9.97. The highest BCUT2D eigenvalue weighted by Gasteiger charge is 2.08. The Bertz CT molecular complexity index is 845. The standard InChI is InChI=1S/C16H12BrN5O2/c17-13-5-1-11(2-6-13)15(23)20-14-7-3-12(4-8-14)16(24)21-22-9-18-19-10-22/h1-10H,(H,20,23)(H,21,24). The predicted molar refractivity (Wildman–Crippen MR) is 92.3 cm³/mol. The lowest BCUT2D eigenvalue weighted by atomic mass is 10.1. The number of amides is 2. The van der Waals surface area contributed by atoms with Gasteiger partial charge in [0, 0.05) is 21.3 Å². The van der Waals surface area contributed by atoms with Gasteiger partial charge in [-0.3, -0.25) is 15.0 Å². The van der Waals surface area contributed by atoms with Crippen molar-refractivity contribution in [3.63, 3.8) is 0 Å². The molecule has 3 rings (SSSR count). The van der Waals surface area contributed by atoms with Crippen LogP contribution in [0.2, 0.25) is 0 Å². The van der Waals surface area contributed by atoms with E-state index in [0.717, 1.165) is 4.47 Å². The van der Waals surface area contributed by atoms with E-state index >= 15 is 0 Å². The molecular formula is C16H12BrN5O2. The minimum Gasteiger partial charge on any atom is -0.322 e. The number of carbonyl (C=O) groups excluding carboxylic acids is 2. The molecule has 8 heteroatoms. The van der Waals surface area contributed by atoms with Crippen molar-refractivity contribution in [2.75, 3.05) is 10.7 Å². The molecule has 0 saturated heterocycles. The average Bonchev–Trinajstić information content (AvgIpc) is 3.09. The highest BCUT2D eigenvalue weighted by molar-refractivity contribution is 9.10. The first-order chi connectivity index (χ1) is 11.6. The summed E-state index contributed by atoms with van der Waals surface area (Å²) in [5.74, 6) is -0.523. The Kier molecular flexibility index (Phi) is 4.66. The van der Waals surface area contributed by atoms with Crippen LogP contribution in [0.5, 0.6) is 0 Å². The van der Waals surface area contributed by atoms with Crippen LogP contribution in [0.15, 0.2) is 65.7 Å². The van der Waals surface area contributed by atoms with Gasteiger partial charge in [-0.05, 0) is 48.5 Å². The number of nitrogens with zero attached hydrogens (tertiary/aromatic N) is 3. The van der Waals surface area contributed by atoms with Gasteiger partial charge in [0.15, 0.2) is 0 Å². The van der Waals surface area contributed by atoms with Gasteiger partial charge in [0.05, 0.1) is 0 Å². The normalized spacial score (nSPS) is 10.2. The monoisotopic (exact) mass is 385 g/mol. The second-order valence-corrected chi connectivity index (χ2v) is 5.76. The summed E-state index contributed by atoms with van der Waals surface area (Å²) in [6.07, 6.45) is 2.76. The number of nitrogens with one attached hydrogen (secondary N) is 2. The van der Waals surface area contributed by atoms with E-state index in [0.29, 0.717) is 16.8 Å². The number of carbonyl (C=O) groups is 2. The summed E-state index contributed by atoms with van der Waals surface area (Å²) in [5.41, 5.74) is 4.19. The van der Waals surface area contributed by atoms with Crippen LogP contribution in [0.4, 0.5) is 5.69 Å². The maximum Gasteiger partial charge on any atom is 0.270 e. The van der Waals surface area contributed by atoms with Crippen molar-refractivity contribution in [1.82, 2.24) is 14.9 Å². The minimum absolute atomic E-state index is 0.218. The average molecular weight is 386 g/mol. The van der Waals surface area contributed by atoms with Crippen molar-refractivity contribution in [2.45, 2.75) is 0 Å². The zero-order valence-corrected chi connectivity index (χ0v) is 13.9. The Balaban J connectivity index is 1.64. The summed E-state index contributed by atoms with van der Waals surface area (Å²) in [7, 11) is 0. The molecule has 0 bridgehead atoms. The van der Waals surface area contributed by atoms with E-state index < -0.39 is 0 Å². The van der Waals surface area contributed by atoms with Crippen LogP contribution in [0.1, 0.15) is 20.7 Å². The molecule has 0 aliphatic rings. The summed E-state index contributed by atoms with van der Waals surface area (Å²) < 4.78 is 2.26. The Labute approximate surface area is 145 Å².